The molecule has 0 heterocycles. The summed E-state index contributed by atoms with van der Waals surface area (Å²) in [6.07, 6.45) is 8.60. The van der Waals surface area contributed by atoms with Crippen molar-refractivity contribution in [1.82, 2.24) is 0 Å². The lowest BCUT2D eigenvalue weighted by Gasteiger charge is -2.05. The fourth-order valence-electron chi connectivity index (χ4n) is 1.79. The van der Waals surface area contributed by atoms with E-state index in [1.54, 1.807) is 0 Å². The van der Waals surface area contributed by atoms with Gasteiger partial charge >= 0.3 is 11.9 Å². The van der Waals surface area contributed by atoms with E-state index in [4.69, 9.17) is 9.47 Å². The lowest BCUT2D eigenvalue weighted by Crippen LogP contribution is -2.06. The molecule has 0 unspecified atom stereocenters. The maximum atomic E-state index is 11.3. The molecule has 0 amide bonds. The van der Waals surface area contributed by atoms with Gasteiger partial charge in [0.05, 0.1) is 13.2 Å². The summed E-state index contributed by atoms with van der Waals surface area (Å²) in [6, 6.07) is 0. The summed E-state index contributed by atoms with van der Waals surface area (Å²) in [6.45, 7) is 3.09. The lowest BCUT2D eigenvalue weighted by molar-refractivity contribution is -0.144. The maximum Gasteiger partial charge on any atom is 0.305 e. The molecule has 0 spiro atoms. The Morgan fingerprint density at radius 1 is 0.762 bits per heavy atom. The van der Waals surface area contributed by atoms with Gasteiger partial charge in [-0.3, -0.25) is 9.59 Å². The van der Waals surface area contributed by atoms with E-state index in [9.17, 15) is 9.59 Å². The monoisotopic (exact) mass is 318 g/mol. The van der Waals surface area contributed by atoms with Crippen LogP contribution in [-0.2, 0) is 19.1 Å². The van der Waals surface area contributed by atoms with Crippen molar-refractivity contribution < 1.29 is 19.1 Å². The minimum Gasteiger partial charge on any atom is -0.466 e. The van der Waals surface area contributed by atoms with Crippen LogP contribution in [-0.4, -0.2) is 30.9 Å². The molecule has 4 nitrogen and oxygen atoms in total. The fourth-order valence-corrected chi connectivity index (χ4v) is 1.92. The highest BCUT2D eigenvalue weighted by atomic mass is 32.1. The van der Waals surface area contributed by atoms with Gasteiger partial charge in [-0.05, 0) is 31.4 Å². The van der Waals surface area contributed by atoms with Crippen molar-refractivity contribution in [1.29, 1.82) is 0 Å². The second-order valence-corrected chi connectivity index (χ2v) is 5.59. The van der Waals surface area contributed by atoms with Crippen LogP contribution in [0, 0.1) is 0 Å². The van der Waals surface area contributed by atoms with Crippen molar-refractivity contribution in [3.8, 4) is 0 Å². The number of carbonyl (C=O) groups excluding carboxylic acids is 2. The maximum absolute atomic E-state index is 11.3. The van der Waals surface area contributed by atoms with E-state index in [-0.39, 0.29) is 11.9 Å². The molecule has 0 N–H and O–H groups in total. The summed E-state index contributed by atoms with van der Waals surface area (Å²) in [5, 5.41) is 0. The summed E-state index contributed by atoms with van der Waals surface area (Å²) in [7, 11) is 0. The number of esters is 2. The predicted molar refractivity (Wildman–Crippen MR) is 87.6 cm³/mol. The molecule has 0 aromatic heterocycles. The number of rotatable bonds is 14. The molecule has 21 heavy (non-hydrogen) atoms. The Labute approximate surface area is 134 Å². The van der Waals surface area contributed by atoms with Crippen LogP contribution in [0.5, 0.6) is 0 Å². The van der Waals surface area contributed by atoms with Crippen LogP contribution < -0.4 is 0 Å². The highest BCUT2D eigenvalue weighted by Gasteiger charge is 2.04. The molecule has 0 rings (SSSR count). The molecule has 0 saturated heterocycles. The van der Waals surface area contributed by atoms with Crippen LogP contribution in [0.4, 0.5) is 0 Å². The van der Waals surface area contributed by atoms with Crippen LogP contribution in [0.25, 0.3) is 0 Å². The highest BCUT2D eigenvalue weighted by Crippen LogP contribution is 2.08. The first kappa shape index (κ1) is 20.3. The second kappa shape index (κ2) is 15.7. The zero-order chi connectivity index (χ0) is 15.8. The largest absolute Gasteiger partial charge is 0.466 e. The fraction of sp³-hybridized carbons (Fsp3) is 0.875. The quantitative estimate of drug-likeness (QED) is 0.299. The van der Waals surface area contributed by atoms with Crippen molar-refractivity contribution in [2.45, 2.75) is 71.1 Å². The van der Waals surface area contributed by atoms with Gasteiger partial charge in [0.1, 0.15) is 0 Å². The number of thiol groups is 1. The van der Waals surface area contributed by atoms with Gasteiger partial charge in [-0.15, -0.1) is 0 Å². The summed E-state index contributed by atoms with van der Waals surface area (Å²) in [4.78, 5) is 22.6. The molecule has 124 valence electrons. The number of hydrogen-bond acceptors (Lipinski definition) is 5. The molecule has 0 bridgehead atoms. The van der Waals surface area contributed by atoms with Gasteiger partial charge in [0.2, 0.25) is 0 Å². The Bertz CT molecular complexity index is 243. The summed E-state index contributed by atoms with van der Waals surface area (Å²) in [5.41, 5.74) is 0. The normalized spacial score (nSPS) is 10.4. The Morgan fingerprint density at radius 2 is 1.24 bits per heavy atom. The number of hydrogen-bond donors (Lipinski definition) is 1. The Hall–Kier alpha value is -0.710. The lowest BCUT2D eigenvalue weighted by atomic mass is 10.1. The molecule has 0 fully saturated rings. The molecule has 0 radical (unpaired) electrons. The molecule has 0 aliphatic rings. The Balaban J connectivity index is 3.24. The first-order valence-corrected chi connectivity index (χ1v) is 8.76. The average molecular weight is 318 g/mol. The van der Waals surface area contributed by atoms with Crippen molar-refractivity contribution >= 4 is 24.6 Å². The van der Waals surface area contributed by atoms with Crippen LogP contribution in [0.2, 0.25) is 0 Å². The summed E-state index contributed by atoms with van der Waals surface area (Å²) in [5.74, 6) is 0.543. The molecule has 0 aliphatic heterocycles. The van der Waals surface area contributed by atoms with Gasteiger partial charge in [-0.1, -0.05) is 32.6 Å². The molecular weight excluding hydrogens is 288 g/mol. The number of ether oxygens (including phenoxy) is 2. The highest BCUT2D eigenvalue weighted by molar-refractivity contribution is 7.80. The molecule has 0 aromatic carbocycles. The minimum atomic E-state index is -0.115. The van der Waals surface area contributed by atoms with Crippen molar-refractivity contribution in [2.75, 3.05) is 19.0 Å². The van der Waals surface area contributed by atoms with Crippen LogP contribution in [0.3, 0.4) is 0 Å². The van der Waals surface area contributed by atoms with E-state index >= 15 is 0 Å². The zero-order valence-electron chi connectivity index (χ0n) is 13.3. The topological polar surface area (TPSA) is 52.6 Å². The Kier molecular flexibility index (Phi) is 15.1. The molecule has 0 saturated carbocycles. The van der Waals surface area contributed by atoms with Gasteiger partial charge in [0, 0.05) is 12.8 Å². The van der Waals surface area contributed by atoms with Gasteiger partial charge in [-0.25, -0.2) is 0 Å². The van der Waals surface area contributed by atoms with E-state index in [2.05, 4.69) is 19.6 Å². The summed E-state index contributed by atoms with van der Waals surface area (Å²) >= 11 is 4.06. The van der Waals surface area contributed by atoms with Crippen molar-refractivity contribution in [3.05, 3.63) is 0 Å². The summed E-state index contributed by atoms with van der Waals surface area (Å²) < 4.78 is 10.1. The molecular formula is C16H30O4S. The van der Waals surface area contributed by atoms with Crippen LogP contribution in [0.1, 0.15) is 71.1 Å². The minimum absolute atomic E-state index is 0.0868. The third-order valence-electron chi connectivity index (χ3n) is 3.09. The third kappa shape index (κ3) is 15.5. The standard InChI is InChI=1S/C16H30O4S/c1-2-3-12-19-15(17)10-7-5-4-6-8-11-16(18)20-13-9-14-21/h21H,2-14H2,1H3. The van der Waals surface area contributed by atoms with Crippen molar-refractivity contribution in [3.63, 3.8) is 0 Å². The molecule has 0 aromatic rings. The smallest absolute Gasteiger partial charge is 0.305 e. The van der Waals surface area contributed by atoms with E-state index < -0.39 is 0 Å². The van der Waals surface area contributed by atoms with Gasteiger partial charge in [0.15, 0.2) is 0 Å². The van der Waals surface area contributed by atoms with Gasteiger partial charge in [0.25, 0.3) is 0 Å². The molecule has 5 heteroatoms. The molecule has 0 atom stereocenters. The number of carbonyl (C=O) groups is 2. The van der Waals surface area contributed by atoms with Gasteiger partial charge in [-0.2, -0.15) is 12.6 Å². The van der Waals surface area contributed by atoms with E-state index in [1.165, 1.54) is 0 Å². The van der Waals surface area contributed by atoms with E-state index in [1.807, 2.05) is 0 Å². The van der Waals surface area contributed by atoms with Crippen LogP contribution >= 0.6 is 12.6 Å². The third-order valence-corrected chi connectivity index (χ3v) is 3.40. The zero-order valence-corrected chi connectivity index (χ0v) is 14.2. The predicted octanol–water partition coefficient (Wildman–Crippen LogP) is 3.92. The van der Waals surface area contributed by atoms with E-state index in [0.717, 1.165) is 57.1 Å². The average Bonchev–Trinajstić information content (AvgIpc) is 2.47. The van der Waals surface area contributed by atoms with Crippen molar-refractivity contribution in [2.24, 2.45) is 0 Å². The van der Waals surface area contributed by atoms with Gasteiger partial charge < -0.3 is 9.47 Å². The first-order valence-electron chi connectivity index (χ1n) is 8.12. The van der Waals surface area contributed by atoms with Crippen LogP contribution in [0.15, 0.2) is 0 Å². The van der Waals surface area contributed by atoms with E-state index in [0.29, 0.717) is 26.1 Å². The Morgan fingerprint density at radius 3 is 1.71 bits per heavy atom. The number of unbranched alkanes of at least 4 members (excludes halogenated alkanes) is 5. The SMILES string of the molecule is CCCCOC(=O)CCCCCCCC(=O)OCCCS. The second-order valence-electron chi connectivity index (χ2n) is 5.14. The molecule has 0 aliphatic carbocycles. The first-order chi connectivity index (χ1) is 10.2.